The molecule has 3 heteroatoms. The van der Waals surface area contributed by atoms with Crippen molar-refractivity contribution in [2.45, 2.75) is 13.3 Å². The third kappa shape index (κ3) is 3.00. The Bertz CT molecular complexity index is 361. The quantitative estimate of drug-likeness (QED) is 0.802. The molecule has 16 heavy (non-hydrogen) atoms. The minimum Gasteiger partial charge on any atom is -0.493 e. The molecule has 0 saturated heterocycles. The van der Waals surface area contributed by atoms with Gasteiger partial charge in [0.25, 0.3) is 0 Å². The Kier molecular flexibility index (Phi) is 4.86. The summed E-state index contributed by atoms with van der Waals surface area (Å²) in [6.45, 7) is 7.16. The number of ether oxygens (including phenoxy) is 2. The Hall–Kier alpha value is -1.48. The molecule has 0 aliphatic carbocycles. The normalized spacial score (nSPS) is 9.94. The van der Waals surface area contributed by atoms with Crippen molar-refractivity contribution >= 4 is 5.57 Å². The van der Waals surface area contributed by atoms with Crippen molar-refractivity contribution in [2.24, 2.45) is 5.73 Å². The van der Waals surface area contributed by atoms with Crippen molar-refractivity contribution in [3.8, 4) is 11.5 Å². The van der Waals surface area contributed by atoms with E-state index in [0.29, 0.717) is 13.2 Å². The van der Waals surface area contributed by atoms with Gasteiger partial charge in [0.05, 0.1) is 13.7 Å². The summed E-state index contributed by atoms with van der Waals surface area (Å²) in [5, 5.41) is 0. The Balaban J connectivity index is 2.94. The number of nitrogens with two attached hydrogens (primary N) is 1. The monoisotopic (exact) mass is 221 g/mol. The van der Waals surface area contributed by atoms with E-state index < -0.39 is 0 Å². The van der Waals surface area contributed by atoms with Crippen LogP contribution in [0.25, 0.3) is 5.57 Å². The molecule has 1 rings (SSSR count). The molecule has 0 heterocycles. The lowest BCUT2D eigenvalue weighted by Crippen LogP contribution is -2.00. The molecule has 0 fully saturated rings. The SMILES string of the molecule is C=C(CCN)c1ccc(OCC)c(OC)c1. The van der Waals surface area contributed by atoms with Gasteiger partial charge >= 0.3 is 0 Å². The van der Waals surface area contributed by atoms with Crippen LogP contribution in [0, 0.1) is 0 Å². The first kappa shape index (κ1) is 12.6. The molecule has 0 amide bonds. The fraction of sp³-hybridized carbons (Fsp3) is 0.385. The first-order chi connectivity index (χ1) is 7.72. The third-order valence-electron chi connectivity index (χ3n) is 2.32. The molecule has 0 spiro atoms. The Morgan fingerprint density at radius 3 is 2.69 bits per heavy atom. The number of benzene rings is 1. The summed E-state index contributed by atoms with van der Waals surface area (Å²) in [6, 6.07) is 5.81. The largest absolute Gasteiger partial charge is 0.493 e. The molecule has 0 atom stereocenters. The van der Waals surface area contributed by atoms with Crippen LogP contribution in [0.5, 0.6) is 11.5 Å². The van der Waals surface area contributed by atoms with Crippen LogP contribution in [0.4, 0.5) is 0 Å². The molecule has 0 aromatic heterocycles. The topological polar surface area (TPSA) is 44.5 Å². The molecular weight excluding hydrogens is 202 g/mol. The highest BCUT2D eigenvalue weighted by Crippen LogP contribution is 2.30. The third-order valence-corrected chi connectivity index (χ3v) is 2.32. The molecule has 0 unspecified atom stereocenters. The van der Waals surface area contributed by atoms with E-state index in [4.69, 9.17) is 15.2 Å². The number of hydrogen-bond acceptors (Lipinski definition) is 3. The van der Waals surface area contributed by atoms with Crippen LogP contribution in [-0.4, -0.2) is 20.3 Å². The number of methoxy groups -OCH3 is 1. The highest BCUT2D eigenvalue weighted by Gasteiger charge is 2.06. The van der Waals surface area contributed by atoms with Gasteiger partial charge in [-0.25, -0.2) is 0 Å². The van der Waals surface area contributed by atoms with Crippen molar-refractivity contribution < 1.29 is 9.47 Å². The average Bonchev–Trinajstić information content (AvgIpc) is 2.30. The van der Waals surface area contributed by atoms with E-state index in [2.05, 4.69) is 6.58 Å². The second-order valence-electron chi connectivity index (χ2n) is 3.44. The minimum atomic E-state index is 0.606. The number of hydrogen-bond donors (Lipinski definition) is 1. The molecule has 0 radical (unpaired) electrons. The molecule has 1 aromatic carbocycles. The van der Waals surface area contributed by atoms with Gasteiger partial charge in [-0.15, -0.1) is 0 Å². The van der Waals surface area contributed by atoms with Gasteiger partial charge in [0.1, 0.15) is 0 Å². The fourth-order valence-corrected chi connectivity index (χ4v) is 1.48. The minimum absolute atomic E-state index is 0.606. The van der Waals surface area contributed by atoms with E-state index in [-0.39, 0.29) is 0 Å². The summed E-state index contributed by atoms with van der Waals surface area (Å²) < 4.78 is 10.7. The van der Waals surface area contributed by atoms with Gasteiger partial charge in [0.15, 0.2) is 11.5 Å². The van der Waals surface area contributed by atoms with Gasteiger partial charge in [0.2, 0.25) is 0 Å². The molecule has 0 aliphatic heterocycles. The maximum absolute atomic E-state index is 5.50. The smallest absolute Gasteiger partial charge is 0.161 e. The predicted molar refractivity (Wildman–Crippen MR) is 66.9 cm³/mol. The van der Waals surface area contributed by atoms with E-state index in [1.807, 2.05) is 25.1 Å². The zero-order chi connectivity index (χ0) is 12.0. The van der Waals surface area contributed by atoms with Crippen LogP contribution in [0.1, 0.15) is 18.9 Å². The second kappa shape index (κ2) is 6.18. The maximum Gasteiger partial charge on any atom is 0.161 e. The number of rotatable bonds is 6. The lowest BCUT2D eigenvalue weighted by atomic mass is 10.0. The Morgan fingerprint density at radius 1 is 1.38 bits per heavy atom. The van der Waals surface area contributed by atoms with Gasteiger partial charge in [-0.3, -0.25) is 0 Å². The summed E-state index contributed by atoms with van der Waals surface area (Å²) in [5.74, 6) is 1.49. The molecular formula is C13H19NO2. The lowest BCUT2D eigenvalue weighted by Gasteiger charge is -2.11. The van der Waals surface area contributed by atoms with Crippen molar-refractivity contribution in [1.29, 1.82) is 0 Å². The first-order valence-corrected chi connectivity index (χ1v) is 5.42. The lowest BCUT2D eigenvalue weighted by molar-refractivity contribution is 0.311. The zero-order valence-electron chi connectivity index (χ0n) is 9.95. The maximum atomic E-state index is 5.50. The van der Waals surface area contributed by atoms with E-state index in [1.165, 1.54) is 0 Å². The molecule has 88 valence electrons. The van der Waals surface area contributed by atoms with Gasteiger partial charge in [-0.1, -0.05) is 12.6 Å². The van der Waals surface area contributed by atoms with E-state index >= 15 is 0 Å². The zero-order valence-corrected chi connectivity index (χ0v) is 9.95. The van der Waals surface area contributed by atoms with E-state index in [1.54, 1.807) is 7.11 Å². The molecule has 2 N–H and O–H groups in total. The van der Waals surface area contributed by atoms with Crippen molar-refractivity contribution in [3.05, 3.63) is 30.3 Å². The highest BCUT2D eigenvalue weighted by molar-refractivity contribution is 5.66. The van der Waals surface area contributed by atoms with Crippen molar-refractivity contribution in [1.82, 2.24) is 0 Å². The van der Waals surface area contributed by atoms with Crippen molar-refractivity contribution in [2.75, 3.05) is 20.3 Å². The van der Waals surface area contributed by atoms with Crippen LogP contribution < -0.4 is 15.2 Å². The standard InChI is InChI=1S/C13H19NO2/c1-4-16-12-6-5-11(9-13(12)15-3)10(2)7-8-14/h5-6,9H,2,4,7-8,14H2,1,3H3. The van der Waals surface area contributed by atoms with Gasteiger partial charge in [0, 0.05) is 0 Å². The highest BCUT2D eigenvalue weighted by atomic mass is 16.5. The molecule has 0 aliphatic rings. The molecule has 3 nitrogen and oxygen atoms in total. The van der Waals surface area contributed by atoms with Crippen LogP contribution >= 0.6 is 0 Å². The van der Waals surface area contributed by atoms with Crippen LogP contribution in [0.15, 0.2) is 24.8 Å². The summed E-state index contributed by atoms with van der Waals surface area (Å²) in [4.78, 5) is 0. The van der Waals surface area contributed by atoms with E-state index in [0.717, 1.165) is 29.1 Å². The Morgan fingerprint density at radius 2 is 2.12 bits per heavy atom. The summed E-state index contributed by atoms with van der Waals surface area (Å²) in [6.07, 6.45) is 0.789. The predicted octanol–water partition coefficient (Wildman–Crippen LogP) is 2.46. The fourth-order valence-electron chi connectivity index (χ4n) is 1.48. The second-order valence-corrected chi connectivity index (χ2v) is 3.44. The molecule has 0 bridgehead atoms. The van der Waals surface area contributed by atoms with Crippen LogP contribution in [0.3, 0.4) is 0 Å². The molecule has 1 aromatic rings. The van der Waals surface area contributed by atoms with Gasteiger partial charge < -0.3 is 15.2 Å². The average molecular weight is 221 g/mol. The van der Waals surface area contributed by atoms with Crippen LogP contribution in [-0.2, 0) is 0 Å². The van der Waals surface area contributed by atoms with Crippen molar-refractivity contribution in [3.63, 3.8) is 0 Å². The van der Waals surface area contributed by atoms with Gasteiger partial charge in [-0.05, 0) is 43.2 Å². The molecule has 0 saturated carbocycles. The summed E-state index contributed by atoms with van der Waals surface area (Å²) >= 11 is 0. The summed E-state index contributed by atoms with van der Waals surface area (Å²) in [7, 11) is 1.63. The Labute approximate surface area is 96.9 Å². The summed E-state index contributed by atoms with van der Waals surface area (Å²) in [5.41, 5.74) is 7.56. The van der Waals surface area contributed by atoms with Gasteiger partial charge in [-0.2, -0.15) is 0 Å². The first-order valence-electron chi connectivity index (χ1n) is 5.42. The van der Waals surface area contributed by atoms with E-state index in [9.17, 15) is 0 Å². The van der Waals surface area contributed by atoms with Crippen LogP contribution in [0.2, 0.25) is 0 Å².